The number of nitrogen functional groups attached to an aromatic ring is 1. The quantitative estimate of drug-likeness (QED) is 0.686. The molecule has 0 aromatic heterocycles. The third kappa shape index (κ3) is 4.57. The van der Waals surface area contributed by atoms with Crippen LogP contribution in [0.1, 0.15) is 36.5 Å². The molecule has 0 aliphatic heterocycles. The van der Waals surface area contributed by atoms with Crippen molar-refractivity contribution in [3.05, 3.63) is 29.6 Å². The molecule has 4 N–H and O–H groups in total. The molecule has 1 amide bonds. The highest BCUT2D eigenvalue weighted by Crippen LogP contribution is 2.12. The summed E-state index contributed by atoms with van der Waals surface area (Å²) in [7, 11) is 0. The van der Waals surface area contributed by atoms with Crippen LogP contribution in [0.2, 0.25) is 0 Å². The predicted octanol–water partition coefficient (Wildman–Crippen LogP) is 1.78. The summed E-state index contributed by atoms with van der Waals surface area (Å²) >= 11 is 0. The summed E-state index contributed by atoms with van der Waals surface area (Å²) in [5, 5.41) is 11.3. The van der Waals surface area contributed by atoms with Crippen LogP contribution >= 0.6 is 0 Å². The predicted molar refractivity (Wildman–Crippen MR) is 69.2 cm³/mol. The van der Waals surface area contributed by atoms with E-state index in [9.17, 15) is 14.0 Å². The highest BCUT2D eigenvalue weighted by Gasteiger charge is 2.16. The number of hydrogen-bond acceptors (Lipinski definition) is 3. The Morgan fingerprint density at radius 1 is 1.47 bits per heavy atom. The van der Waals surface area contributed by atoms with Crippen molar-refractivity contribution in [1.29, 1.82) is 0 Å². The van der Waals surface area contributed by atoms with Crippen LogP contribution in [0.15, 0.2) is 18.2 Å². The number of carbonyl (C=O) groups is 2. The van der Waals surface area contributed by atoms with Gasteiger partial charge in [-0.05, 0) is 24.6 Å². The van der Waals surface area contributed by atoms with E-state index >= 15 is 0 Å². The zero-order valence-electron chi connectivity index (χ0n) is 10.6. The Morgan fingerprint density at radius 2 is 2.16 bits per heavy atom. The van der Waals surface area contributed by atoms with Gasteiger partial charge in [-0.15, -0.1) is 0 Å². The maximum atomic E-state index is 13.2. The molecule has 5 nitrogen and oxygen atoms in total. The average Bonchev–Trinajstić information content (AvgIpc) is 2.32. The van der Waals surface area contributed by atoms with Gasteiger partial charge >= 0.3 is 5.97 Å². The zero-order chi connectivity index (χ0) is 14.4. The van der Waals surface area contributed by atoms with E-state index in [1.54, 1.807) is 0 Å². The average molecular weight is 268 g/mol. The van der Waals surface area contributed by atoms with E-state index in [1.165, 1.54) is 12.1 Å². The molecule has 0 spiro atoms. The van der Waals surface area contributed by atoms with Crippen molar-refractivity contribution >= 4 is 17.6 Å². The summed E-state index contributed by atoms with van der Waals surface area (Å²) in [6.07, 6.45) is 1.14. The fourth-order valence-electron chi connectivity index (χ4n) is 1.72. The topological polar surface area (TPSA) is 92.4 Å². The van der Waals surface area contributed by atoms with E-state index < -0.39 is 23.7 Å². The molecule has 0 aliphatic carbocycles. The van der Waals surface area contributed by atoms with Gasteiger partial charge in [0.1, 0.15) is 5.82 Å². The number of anilines is 1. The second kappa shape index (κ2) is 6.72. The zero-order valence-corrected chi connectivity index (χ0v) is 10.6. The molecule has 1 aromatic rings. The van der Waals surface area contributed by atoms with Crippen molar-refractivity contribution in [2.24, 2.45) is 0 Å². The van der Waals surface area contributed by atoms with Crippen molar-refractivity contribution in [3.8, 4) is 0 Å². The number of carboxylic acid groups (broad SMARTS) is 1. The highest BCUT2D eigenvalue weighted by atomic mass is 19.1. The molecule has 1 unspecified atom stereocenters. The molecule has 0 fully saturated rings. The largest absolute Gasteiger partial charge is 0.481 e. The van der Waals surface area contributed by atoms with Crippen LogP contribution in [0.25, 0.3) is 0 Å². The number of halogens is 1. The number of rotatable bonds is 6. The fraction of sp³-hybridized carbons (Fsp3) is 0.385. The molecular formula is C13H17FN2O3. The first-order valence-electron chi connectivity index (χ1n) is 6.01. The Morgan fingerprint density at radius 3 is 2.68 bits per heavy atom. The molecule has 0 bridgehead atoms. The van der Waals surface area contributed by atoms with Crippen LogP contribution in [0.5, 0.6) is 0 Å². The maximum absolute atomic E-state index is 13.2. The fourth-order valence-corrected chi connectivity index (χ4v) is 1.72. The summed E-state index contributed by atoms with van der Waals surface area (Å²) in [5.41, 5.74) is 5.41. The van der Waals surface area contributed by atoms with Gasteiger partial charge in [-0.1, -0.05) is 13.3 Å². The van der Waals surface area contributed by atoms with Gasteiger partial charge in [0, 0.05) is 11.6 Å². The van der Waals surface area contributed by atoms with Crippen LogP contribution in [0.4, 0.5) is 10.1 Å². The SMILES string of the molecule is CCCC(CC(=O)O)NC(=O)c1ccc(N)c(F)c1. The molecule has 0 saturated heterocycles. The Bertz CT molecular complexity index is 477. The molecule has 0 radical (unpaired) electrons. The van der Waals surface area contributed by atoms with Gasteiger partial charge in [-0.3, -0.25) is 9.59 Å². The summed E-state index contributed by atoms with van der Waals surface area (Å²) < 4.78 is 13.2. The molecule has 1 rings (SSSR count). The van der Waals surface area contributed by atoms with E-state index in [1.807, 2.05) is 6.92 Å². The van der Waals surface area contributed by atoms with Crippen LogP contribution < -0.4 is 11.1 Å². The molecule has 0 heterocycles. The van der Waals surface area contributed by atoms with Crippen molar-refractivity contribution in [2.45, 2.75) is 32.2 Å². The molecule has 6 heteroatoms. The Labute approximate surface area is 110 Å². The molecule has 19 heavy (non-hydrogen) atoms. The van der Waals surface area contributed by atoms with Gasteiger partial charge in [-0.2, -0.15) is 0 Å². The summed E-state index contributed by atoms with van der Waals surface area (Å²) in [6, 6.07) is 3.28. The van der Waals surface area contributed by atoms with Crippen LogP contribution in [-0.4, -0.2) is 23.0 Å². The number of benzene rings is 1. The molecule has 0 aliphatic rings. The van der Waals surface area contributed by atoms with Crippen molar-refractivity contribution in [2.75, 3.05) is 5.73 Å². The van der Waals surface area contributed by atoms with Crippen LogP contribution in [0.3, 0.4) is 0 Å². The van der Waals surface area contributed by atoms with E-state index in [-0.39, 0.29) is 17.7 Å². The second-order valence-corrected chi connectivity index (χ2v) is 4.29. The number of aliphatic carboxylic acids is 1. The van der Waals surface area contributed by atoms with Gasteiger partial charge in [0.2, 0.25) is 0 Å². The van der Waals surface area contributed by atoms with Crippen LogP contribution in [0, 0.1) is 5.82 Å². The first kappa shape index (κ1) is 14.9. The van der Waals surface area contributed by atoms with Crippen molar-refractivity contribution in [3.63, 3.8) is 0 Å². The first-order chi connectivity index (χ1) is 8.93. The Kier molecular flexibility index (Phi) is 5.29. The Hall–Kier alpha value is -2.11. The number of carbonyl (C=O) groups excluding carboxylic acids is 1. The van der Waals surface area contributed by atoms with Crippen molar-refractivity contribution < 1.29 is 19.1 Å². The lowest BCUT2D eigenvalue weighted by Crippen LogP contribution is -2.36. The number of nitrogens with two attached hydrogens (primary N) is 1. The molecule has 1 aromatic carbocycles. The van der Waals surface area contributed by atoms with Gasteiger partial charge in [0.05, 0.1) is 12.1 Å². The van der Waals surface area contributed by atoms with Crippen molar-refractivity contribution in [1.82, 2.24) is 5.32 Å². The summed E-state index contributed by atoms with van der Waals surface area (Å²) in [4.78, 5) is 22.5. The lowest BCUT2D eigenvalue weighted by atomic mass is 10.1. The van der Waals surface area contributed by atoms with E-state index in [4.69, 9.17) is 10.8 Å². The third-order valence-corrected chi connectivity index (χ3v) is 2.66. The monoisotopic (exact) mass is 268 g/mol. The second-order valence-electron chi connectivity index (χ2n) is 4.29. The minimum absolute atomic E-state index is 0.0350. The van der Waals surface area contributed by atoms with Gasteiger partial charge in [0.15, 0.2) is 0 Å². The van der Waals surface area contributed by atoms with E-state index in [2.05, 4.69) is 5.32 Å². The first-order valence-corrected chi connectivity index (χ1v) is 6.01. The third-order valence-electron chi connectivity index (χ3n) is 2.66. The molecule has 104 valence electrons. The number of carboxylic acids is 1. The van der Waals surface area contributed by atoms with Crippen LogP contribution in [-0.2, 0) is 4.79 Å². The smallest absolute Gasteiger partial charge is 0.305 e. The standard InChI is InChI=1S/C13H17FN2O3/c1-2-3-9(7-12(17)18)16-13(19)8-4-5-11(15)10(14)6-8/h4-6,9H,2-3,7,15H2,1H3,(H,16,19)(H,17,18). The highest BCUT2D eigenvalue weighted by molar-refractivity contribution is 5.95. The number of amides is 1. The summed E-state index contributed by atoms with van der Waals surface area (Å²) in [5.74, 6) is -2.15. The lowest BCUT2D eigenvalue weighted by molar-refractivity contribution is -0.137. The molecular weight excluding hydrogens is 251 g/mol. The molecule has 1 atom stereocenters. The van der Waals surface area contributed by atoms with Gasteiger partial charge in [-0.25, -0.2) is 4.39 Å². The van der Waals surface area contributed by atoms with E-state index in [0.29, 0.717) is 6.42 Å². The summed E-state index contributed by atoms with van der Waals surface area (Å²) in [6.45, 7) is 1.89. The molecule has 0 saturated carbocycles. The van der Waals surface area contributed by atoms with Gasteiger partial charge in [0.25, 0.3) is 5.91 Å². The Balaban J connectivity index is 2.75. The minimum Gasteiger partial charge on any atom is -0.481 e. The lowest BCUT2D eigenvalue weighted by Gasteiger charge is -2.16. The number of nitrogens with one attached hydrogen (secondary N) is 1. The van der Waals surface area contributed by atoms with E-state index in [0.717, 1.165) is 12.5 Å². The number of hydrogen-bond donors (Lipinski definition) is 3. The maximum Gasteiger partial charge on any atom is 0.305 e. The normalized spacial score (nSPS) is 11.9. The minimum atomic E-state index is -0.984. The van der Waals surface area contributed by atoms with Gasteiger partial charge < -0.3 is 16.2 Å².